The van der Waals surface area contributed by atoms with Gasteiger partial charge in [-0.15, -0.1) is 0 Å². The Morgan fingerprint density at radius 1 is 1.35 bits per heavy atom. The van der Waals surface area contributed by atoms with E-state index in [1.807, 2.05) is 0 Å². The minimum atomic E-state index is -3.09. The zero-order chi connectivity index (χ0) is 14.8. The molecular weight excluding hydrogens is 278 g/mol. The smallest absolute Gasteiger partial charge is 0.335 e. The third kappa shape index (κ3) is 3.37. The molecule has 1 aromatic rings. The van der Waals surface area contributed by atoms with Crippen molar-refractivity contribution >= 4 is 16.0 Å². The van der Waals surface area contributed by atoms with Crippen LogP contribution in [0, 0.1) is 5.92 Å². The highest BCUT2D eigenvalue weighted by Crippen LogP contribution is 2.23. The second-order valence-electron chi connectivity index (χ2n) is 5.12. The van der Waals surface area contributed by atoms with Gasteiger partial charge in [0.2, 0.25) is 10.0 Å². The van der Waals surface area contributed by atoms with Crippen LogP contribution < -0.4 is 0 Å². The zero-order valence-corrected chi connectivity index (χ0v) is 12.3. The van der Waals surface area contributed by atoms with Crippen molar-refractivity contribution in [1.82, 2.24) is 4.31 Å². The van der Waals surface area contributed by atoms with Crippen LogP contribution in [0.25, 0.3) is 0 Å². The molecule has 0 amide bonds. The molecule has 20 heavy (non-hydrogen) atoms. The highest BCUT2D eigenvalue weighted by molar-refractivity contribution is 7.89. The maximum atomic E-state index is 11.8. The molecule has 5 nitrogen and oxygen atoms in total. The van der Waals surface area contributed by atoms with Gasteiger partial charge in [-0.05, 0) is 43.4 Å². The standard InChI is InChI=1S/C14H19NO4S/c1-2-20(18,19)15-8-7-12(10-15)9-11-3-5-13(6-4-11)14(16)17/h3-6,12H,2,7-10H2,1H3,(H,16,17). The summed E-state index contributed by atoms with van der Waals surface area (Å²) >= 11 is 0. The summed E-state index contributed by atoms with van der Waals surface area (Å²) in [5, 5.41) is 8.84. The fraction of sp³-hybridized carbons (Fsp3) is 0.500. The molecule has 1 heterocycles. The zero-order valence-electron chi connectivity index (χ0n) is 11.4. The van der Waals surface area contributed by atoms with E-state index in [2.05, 4.69) is 0 Å². The molecule has 1 unspecified atom stereocenters. The Morgan fingerprint density at radius 3 is 2.55 bits per heavy atom. The van der Waals surface area contributed by atoms with E-state index < -0.39 is 16.0 Å². The third-order valence-corrected chi connectivity index (χ3v) is 5.58. The summed E-state index contributed by atoms with van der Waals surface area (Å²) in [6.45, 7) is 2.82. The van der Waals surface area contributed by atoms with Crippen LogP contribution in [0.3, 0.4) is 0 Å². The Morgan fingerprint density at radius 2 is 2.00 bits per heavy atom. The maximum absolute atomic E-state index is 11.8. The summed E-state index contributed by atoms with van der Waals surface area (Å²) in [7, 11) is -3.09. The van der Waals surface area contributed by atoms with E-state index in [9.17, 15) is 13.2 Å². The average molecular weight is 297 g/mol. The molecule has 1 aliphatic rings. The Kier molecular flexibility index (Phi) is 4.45. The lowest BCUT2D eigenvalue weighted by Gasteiger charge is -2.15. The summed E-state index contributed by atoms with van der Waals surface area (Å²) < 4.78 is 25.1. The predicted molar refractivity (Wildman–Crippen MR) is 76.2 cm³/mol. The topological polar surface area (TPSA) is 74.7 Å². The van der Waals surface area contributed by atoms with Crippen molar-refractivity contribution in [2.75, 3.05) is 18.8 Å². The molecule has 110 valence electrons. The molecule has 1 atom stereocenters. The van der Waals surface area contributed by atoms with Crippen molar-refractivity contribution < 1.29 is 18.3 Å². The lowest BCUT2D eigenvalue weighted by molar-refractivity contribution is 0.0697. The van der Waals surface area contributed by atoms with Gasteiger partial charge in [-0.1, -0.05) is 12.1 Å². The molecule has 0 bridgehead atoms. The van der Waals surface area contributed by atoms with Crippen molar-refractivity contribution in [3.05, 3.63) is 35.4 Å². The quantitative estimate of drug-likeness (QED) is 0.895. The molecule has 1 N–H and O–H groups in total. The molecule has 0 saturated carbocycles. The first-order valence-corrected chi connectivity index (χ1v) is 8.33. The summed E-state index contributed by atoms with van der Waals surface area (Å²) in [6.07, 6.45) is 1.65. The van der Waals surface area contributed by atoms with Crippen molar-refractivity contribution in [1.29, 1.82) is 0 Å². The third-order valence-electron chi connectivity index (χ3n) is 3.73. The predicted octanol–water partition coefficient (Wildman–Crippen LogP) is 1.60. The number of rotatable bonds is 5. The highest BCUT2D eigenvalue weighted by atomic mass is 32.2. The van der Waals surface area contributed by atoms with Gasteiger partial charge < -0.3 is 5.11 Å². The molecule has 2 rings (SSSR count). The fourth-order valence-electron chi connectivity index (χ4n) is 2.52. The Hall–Kier alpha value is -1.40. The fourth-order valence-corrected chi connectivity index (χ4v) is 3.70. The number of hydrogen-bond acceptors (Lipinski definition) is 3. The van der Waals surface area contributed by atoms with E-state index in [-0.39, 0.29) is 11.3 Å². The molecule has 0 radical (unpaired) electrons. The van der Waals surface area contributed by atoms with Gasteiger partial charge in [-0.2, -0.15) is 0 Å². The molecule has 0 aromatic heterocycles. The van der Waals surface area contributed by atoms with Gasteiger partial charge in [0.15, 0.2) is 0 Å². The number of nitrogens with zero attached hydrogens (tertiary/aromatic N) is 1. The number of hydrogen-bond donors (Lipinski definition) is 1. The maximum Gasteiger partial charge on any atom is 0.335 e. The summed E-state index contributed by atoms with van der Waals surface area (Å²) in [4.78, 5) is 10.8. The summed E-state index contributed by atoms with van der Waals surface area (Å²) in [6, 6.07) is 6.79. The van der Waals surface area contributed by atoms with E-state index >= 15 is 0 Å². The monoisotopic (exact) mass is 297 g/mol. The molecular formula is C14H19NO4S. The molecule has 1 saturated heterocycles. The van der Waals surface area contributed by atoms with E-state index in [0.29, 0.717) is 19.0 Å². The molecule has 6 heteroatoms. The largest absolute Gasteiger partial charge is 0.478 e. The lowest BCUT2D eigenvalue weighted by atomic mass is 9.98. The van der Waals surface area contributed by atoms with E-state index in [0.717, 1.165) is 18.4 Å². The Bertz CT molecular complexity index is 580. The van der Waals surface area contributed by atoms with Crippen molar-refractivity contribution in [3.8, 4) is 0 Å². The average Bonchev–Trinajstić information content (AvgIpc) is 2.88. The van der Waals surface area contributed by atoms with Gasteiger partial charge >= 0.3 is 5.97 Å². The van der Waals surface area contributed by atoms with Crippen molar-refractivity contribution in [2.24, 2.45) is 5.92 Å². The van der Waals surface area contributed by atoms with Gasteiger partial charge in [-0.25, -0.2) is 17.5 Å². The van der Waals surface area contributed by atoms with Crippen molar-refractivity contribution in [2.45, 2.75) is 19.8 Å². The SMILES string of the molecule is CCS(=O)(=O)N1CCC(Cc2ccc(C(=O)O)cc2)C1. The van der Waals surface area contributed by atoms with Crippen LogP contribution in [0.2, 0.25) is 0 Å². The van der Waals surface area contributed by atoms with E-state index in [1.165, 1.54) is 0 Å². The van der Waals surface area contributed by atoms with Crippen LogP contribution in [0.15, 0.2) is 24.3 Å². The van der Waals surface area contributed by atoms with Crippen LogP contribution >= 0.6 is 0 Å². The number of sulfonamides is 1. The molecule has 1 aliphatic heterocycles. The number of aromatic carboxylic acids is 1. The molecule has 1 aromatic carbocycles. The number of carbonyl (C=O) groups is 1. The Balaban J connectivity index is 1.97. The Labute approximate surface area is 119 Å². The van der Waals surface area contributed by atoms with Gasteiger partial charge in [0.1, 0.15) is 0 Å². The molecule has 0 aliphatic carbocycles. The highest BCUT2D eigenvalue weighted by Gasteiger charge is 2.29. The molecule has 1 fully saturated rings. The first kappa shape index (κ1) is 15.0. The van der Waals surface area contributed by atoms with Crippen LogP contribution in [-0.2, 0) is 16.4 Å². The van der Waals surface area contributed by atoms with E-state index in [1.54, 1.807) is 35.5 Å². The number of benzene rings is 1. The van der Waals surface area contributed by atoms with Gasteiger partial charge in [0.25, 0.3) is 0 Å². The van der Waals surface area contributed by atoms with Crippen LogP contribution in [-0.4, -0.2) is 42.6 Å². The second-order valence-corrected chi connectivity index (χ2v) is 7.38. The minimum Gasteiger partial charge on any atom is -0.478 e. The first-order valence-electron chi connectivity index (χ1n) is 6.72. The van der Waals surface area contributed by atoms with Crippen LogP contribution in [0.5, 0.6) is 0 Å². The van der Waals surface area contributed by atoms with Crippen LogP contribution in [0.4, 0.5) is 0 Å². The summed E-state index contributed by atoms with van der Waals surface area (Å²) in [5.41, 5.74) is 1.33. The van der Waals surface area contributed by atoms with Gasteiger partial charge in [0, 0.05) is 13.1 Å². The van der Waals surface area contributed by atoms with Crippen LogP contribution in [0.1, 0.15) is 29.3 Å². The van der Waals surface area contributed by atoms with Gasteiger partial charge in [-0.3, -0.25) is 0 Å². The first-order chi connectivity index (χ1) is 9.42. The van der Waals surface area contributed by atoms with E-state index in [4.69, 9.17) is 5.11 Å². The lowest BCUT2D eigenvalue weighted by Crippen LogP contribution is -2.30. The second kappa shape index (κ2) is 5.93. The number of carboxylic acid groups (broad SMARTS) is 1. The molecule has 0 spiro atoms. The number of carboxylic acids is 1. The van der Waals surface area contributed by atoms with Crippen molar-refractivity contribution in [3.63, 3.8) is 0 Å². The normalized spacial score (nSPS) is 20.1. The minimum absolute atomic E-state index is 0.146. The summed E-state index contributed by atoms with van der Waals surface area (Å²) in [5.74, 6) is -0.475. The van der Waals surface area contributed by atoms with Gasteiger partial charge in [0.05, 0.1) is 11.3 Å².